The van der Waals surface area contributed by atoms with Crippen LogP contribution in [0.4, 0.5) is 10.6 Å². The second kappa shape index (κ2) is 16.3. The Balaban J connectivity index is 1.03. The molecule has 276 valence electrons. The van der Waals surface area contributed by atoms with Gasteiger partial charge in [-0.1, -0.05) is 72.3 Å². The van der Waals surface area contributed by atoms with Gasteiger partial charge in [0.2, 0.25) is 5.91 Å². The van der Waals surface area contributed by atoms with Gasteiger partial charge >= 0.3 is 6.09 Å². The second-order valence-corrected chi connectivity index (χ2v) is 14.1. The van der Waals surface area contributed by atoms with Gasteiger partial charge in [-0.3, -0.25) is 4.79 Å². The molecular formula is C40H45ClN8O4. The van der Waals surface area contributed by atoms with Gasteiger partial charge < -0.3 is 41.0 Å². The van der Waals surface area contributed by atoms with Crippen LogP contribution in [0.1, 0.15) is 47.9 Å². The van der Waals surface area contributed by atoms with E-state index in [4.69, 9.17) is 32.5 Å². The number of hydrogen-bond donors (Lipinski definition) is 4. The summed E-state index contributed by atoms with van der Waals surface area (Å²) in [6.07, 6.45) is 4.21. The van der Waals surface area contributed by atoms with Gasteiger partial charge in [0, 0.05) is 49.9 Å². The number of hydrogen-bond acceptors (Lipinski definition) is 9. The van der Waals surface area contributed by atoms with Crippen molar-refractivity contribution < 1.29 is 19.1 Å². The fraction of sp³-hybridized carbons (Fsp3) is 0.350. The number of halogens is 1. The zero-order valence-corrected chi connectivity index (χ0v) is 30.3. The Morgan fingerprint density at radius 2 is 1.66 bits per heavy atom. The molecule has 0 spiro atoms. The molecule has 5 aromatic rings. The molecule has 7 rings (SSSR count). The Hall–Kier alpha value is -5.01. The first kappa shape index (κ1) is 36.4. The number of ether oxygens (including phenoxy) is 2. The fourth-order valence-corrected chi connectivity index (χ4v) is 7.53. The minimum Gasteiger partial charge on any atom is -0.448 e. The largest absolute Gasteiger partial charge is 0.448 e. The van der Waals surface area contributed by atoms with Crippen molar-refractivity contribution in [3.8, 4) is 11.1 Å². The Morgan fingerprint density at radius 3 is 2.36 bits per heavy atom. The van der Waals surface area contributed by atoms with Gasteiger partial charge in [-0.2, -0.15) is 0 Å². The van der Waals surface area contributed by atoms with E-state index in [-0.39, 0.29) is 18.4 Å². The van der Waals surface area contributed by atoms with E-state index in [9.17, 15) is 9.59 Å². The third-order valence-corrected chi connectivity index (χ3v) is 10.6. The Bertz CT molecular complexity index is 1990. The molecule has 1 atom stereocenters. The summed E-state index contributed by atoms with van der Waals surface area (Å²) >= 11 is 6.25. The maximum Gasteiger partial charge on any atom is 0.409 e. The van der Waals surface area contributed by atoms with Gasteiger partial charge in [-0.05, 0) is 65.3 Å². The molecule has 2 aliphatic rings. The Kier molecular flexibility index (Phi) is 11.2. The van der Waals surface area contributed by atoms with Crippen LogP contribution in [-0.4, -0.2) is 89.9 Å². The molecule has 13 heteroatoms. The predicted molar refractivity (Wildman–Crippen MR) is 206 cm³/mol. The number of nitrogens with two attached hydrogens (primary N) is 2. The third kappa shape index (κ3) is 8.01. The highest BCUT2D eigenvalue weighted by molar-refractivity contribution is 6.30. The zero-order valence-electron chi connectivity index (χ0n) is 29.5. The number of carbonyl (C=O) groups is 2. The molecule has 1 fully saturated rings. The molecule has 2 aromatic heterocycles. The summed E-state index contributed by atoms with van der Waals surface area (Å²) in [5, 5.41) is 4.74. The average Bonchev–Trinajstić information content (AvgIpc) is 3.80. The number of amides is 2. The highest BCUT2D eigenvalue weighted by Crippen LogP contribution is 2.44. The molecule has 3 heterocycles. The number of anilines is 1. The number of carbonyl (C=O) groups excluding carboxylic acids is 2. The quantitative estimate of drug-likeness (QED) is 0.110. The van der Waals surface area contributed by atoms with Crippen LogP contribution in [0, 0.1) is 0 Å². The van der Waals surface area contributed by atoms with Crippen LogP contribution in [0.2, 0.25) is 5.02 Å². The number of H-pyrrole nitrogens is 1. The van der Waals surface area contributed by atoms with Crippen LogP contribution in [0.15, 0.2) is 91.4 Å². The first-order valence-corrected chi connectivity index (χ1v) is 18.5. The van der Waals surface area contributed by atoms with Crippen molar-refractivity contribution in [2.45, 2.75) is 36.8 Å². The Labute approximate surface area is 313 Å². The molecule has 2 amide bonds. The number of piperidine rings is 1. The minimum absolute atomic E-state index is 0.0710. The standard InChI is InChI=1S/C40H45ClN8O4/c41-28-11-9-27(10-12-28)35(47-38(50)40(43)15-20-48(21-16-40)37-33-13-18-44-36(33)45-26-46-37)14-19-49(22-24-52-23-17-42)39(51)53-25-34-31-7-3-1-5-29(31)30-6-2-4-8-32(30)34/h1-13,18,26,34-35H,14-17,19-25,42-43H2,(H,47,50)(H,44,45,46)/t35-/m0/s1. The van der Waals surface area contributed by atoms with Crippen LogP contribution in [0.25, 0.3) is 22.2 Å². The van der Waals surface area contributed by atoms with Crippen molar-refractivity contribution in [3.05, 3.63) is 113 Å². The van der Waals surface area contributed by atoms with Crippen LogP contribution < -0.4 is 21.7 Å². The number of rotatable bonds is 14. The molecule has 53 heavy (non-hydrogen) atoms. The van der Waals surface area contributed by atoms with E-state index in [1.165, 1.54) is 6.33 Å². The highest BCUT2D eigenvalue weighted by Gasteiger charge is 2.39. The lowest BCUT2D eigenvalue weighted by molar-refractivity contribution is -0.128. The number of fused-ring (bicyclic) bond motifs is 4. The van der Waals surface area contributed by atoms with Crippen molar-refractivity contribution in [1.82, 2.24) is 25.2 Å². The SMILES string of the molecule is NCCOCCN(CC[C@H](NC(=O)C1(N)CCN(c2ncnc3[nH]ccc23)CC1)c1ccc(Cl)cc1)C(=O)OCC1c2ccccc2-c2ccccc21. The van der Waals surface area contributed by atoms with Crippen molar-refractivity contribution >= 4 is 40.5 Å². The van der Waals surface area contributed by atoms with E-state index in [1.807, 2.05) is 48.7 Å². The summed E-state index contributed by atoms with van der Waals surface area (Å²) in [5.74, 6) is 0.505. The van der Waals surface area contributed by atoms with E-state index < -0.39 is 17.7 Å². The summed E-state index contributed by atoms with van der Waals surface area (Å²) in [5.41, 5.74) is 17.6. The van der Waals surface area contributed by atoms with E-state index in [0.717, 1.165) is 44.7 Å². The molecule has 3 aromatic carbocycles. The van der Waals surface area contributed by atoms with Crippen molar-refractivity contribution in [1.29, 1.82) is 0 Å². The first-order valence-electron chi connectivity index (χ1n) is 18.1. The van der Waals surface area contributed by atoms with Crippen LogP contribution in [-0.2, 0) is 14.3 Å². The molecule has 12 nitrogen and oxygen atoms in total. The van der Waals surface area contributed by atoms with Crippen molar-refractivity contribution in [2.24, 2.45) is 11.5 Å². The minimum atomic E-state index is -1.09. The zero-order chi connectivity index (χ0) is 36.8. The second-order valence-electron chi connectivity index (χ2n) is 13.6. The van der Waals surface area contributed by atoms with Gasteiger partial charge in [0.1, 0.15) is 24.4 Å². The maximum absolute atomic E-state index is 14.0. The van der Waals surface area contributed by atoms with E-state index in [1.54, 1.807) is 17.0 Å². The number of nitrogens with one attached hydrogen (secondary N) is 2. The molecule has 1 saturated heterocycles. The highest BCUT2D eigenvalue weighted by atomic mass is 35.5. The molecule has 6 N–H and O–H groups in total. The van der Waals surface area contributed by atoms with Gasteiger partial charge in [0.15, 0.2) is 0 Å². The Morgan fingerprint density at radius 1 is 0.962 bits per heavy atom. The summed E-state index contributed by atoms with van der Waals surface area (Å²) in [7, 11) is 0. The van der Waals surface area contributed by atoms with E-state index >= 15 is 0 Å². The number of nitrogens with zero attached hydrogens (tertiary/aromatic N) is 4. The molecule has 0 unspecified atom stereocenters. The van der Waals surface area contributed by atoms with Gasteiger partial charge in [0.25, 0.3) is 0 Å². The van der Waals surface area contributed by atoms with Gasteiger partial charge in [-0.15, -0.1) is 0 Å². The lowest BCUT2D eigenvalue weighted by Gasteiger charge is -2.39. The molecule has 0 bridgehead atoms. The van der Waals surface area contributed by atoms with Crippen molar-refractivity contribution in [3.63, 3.8) is 0 Å². The average molecular weight is 737 g/mol. The van der Waals surface area contributed by atoms with Gasteiger partial charge in [-0.25, -0.2) is 14.8 Å². The molecule has 1 aliphatic carbocycles. The van der Waals surface area contributed by atoms with Crippen molar-refractivity contribution in [2.75, 3.05) is 57.4 Å². The lowest BCUT2D eigenvalue weighted by Crippen LogP contribution is -2.60. The van der Waals surface area contributed by atoms with Gasteiger partial charge in [0.05, 0.1) is 30.2 Å². The van der Waals surface area contributed by atoms with Crippen LogP contribution in [0.5, 0.6) is 0 Å². The summed E-state index contributed by atoms with van der Waals surface area (Å²) in [6.45, 7) is 2.96. The fourth-order valence-electron chi connectivity index (χ4n) is 7.40. The number of aromatic nitrogens is 3. The maximum atomic E-state index is 14.0. The molecule has 1 aliphatic heterocycles. The molecule has 0 saturated carbocycles. The van der Waals surface area contributed by atoms with Crippen LogP contribution in [0.3, 0.4) is 0 Å². The van der Waals surface area contributed by atoms with E-state index in [0.29, 0.717) is 70.2 Å². The van der Waals surface area contributed by atoms with E-state index in [2.05, 4.69) is 49.4 Å². The summed E-state index contributed by atoms with van der Waals surface area (Å²) in [6, 6.07) is 25.3. The normalized spacial score (nSPS) is 15.5. The molecule has 0 radical (unpaired) electrons. The number of aromatic amines is 1. The monoisotopic (exact) mass is 736 g/mol. The number of benzene rings is 3. The molecular weight excluding hydrogens is 692 g/mol. The predicted octanol–water partition coefficient (Wildman–Crippen LogP) is 5.38. The first-order chi connectivity index (χ1) is 25.8. The lowest BCUT2D eigenvalue weighted by atomic mass is 9.87. The third-order valence-electron chi connectivity index (χ3n) is 10.4. The summed E-state index contributed by atoms with van der Waals surface area (Å²) < 4.78 is 11.7. The smallest absolute Gasteiger partial charge is 0.409 e. The van der Waals surface area contributed by atoms with Crippen LogP contribution >= 0.6 is 11.6 Å². The topological polar surface area (TPSA) is 165 Å². The summed E-state index contributed by atoms with van der Waals surface area (Å²) in [4.78, 5) is 43.5.